The van der Waals surface area contributed by atoms with E-state index in [9.17, 15) is 22.8 Å². The van der Waals surface area contributed by atoms with Crippen molar-refractivity contribution in [3.8, 4) is 0 Å². The van der Waals surface area contributed by atoms with E-state index < -0.39 is 23.3 Å². The van der Waals surface area contributed by atoms with Crippen LogP contribution in [0.4, 0.5) is 13.2 Å². The summed E-state index contributed by atoms with van der Waals surface area (Å²) < 4.78 is 38.0. The lowest BCUT2D eigenvalue weighted by atomic mass is 10.0. The molecule has 0 radical (unpaired) electrons. The van der Waals surface area contributed by atoms with Crippen LogP contribution in [0.25, 0.3) is 0 Å². The van der Waals surface area contributed by atoms with Crippen molar-refractivity contribution in [3.63, 3.8) is 0 Å². The number of aromatic amines is 1. The van der Waals surface area contributed by atoms with Gasteiger partial charge in [0.2, 0.25) is 0 Å². The first kappa shape index (κ1) is 11.7. The largest absolute Gasteiger partial charge is 0.431 e. The third-order valence-corrected chi connectivity index (χ3v) is 2.82. The number of nitrogens with two attached hydrogens (primary N) is 1. The van der Waals surface area contributed by atoms with Crippen LogP contribution in [-0.4, -0.2) is 10.9 Å². The Bertz CT molecular complexity index is 546. The molecular formula is C10H9F3N2O2. The Morgan fingerprint density at radius 1 is 1.24 bits per heavy atom. The second-order valence-electron chi connectivity index (χ2n) is 3.88. The first-order valence-electron chi connectivity index (χ1n) is 4.97. The molecule has 1 aliphatic rings. The van der Waals surface area contributed by atoms with Gasteiger partial charge in [-0.15, -0.1) is 0 Å². The number of amides is 1. The summed E-state index contributed by atoms with van der Waals surface area (Å²) >= 11 is 0. The first-order valence-corrected chi connectivity index (χ1v) is 4.97. The zero-order chi connectivity index (χ0) is 12.8. The Kier molecular flexibility index (Phi) is 2.48. The van der Waals surface area contributed by atoms with E-state index in [1.54, 1.807) is 4.98 Å². The number of carbonyl (C=O) groups is 1. The van der Waals surface area contributed by atoms with Crippen molar-refractivity contribution < 1.29 is 18.0 Å². The van der Waals surface area contributed by atoms with Gasteiger partial charge in [-0.05, 0) is 30.4 Å². The van der Waals surface area contributed by atoms with E-state index in [0.29, 0.717) is 6.42 Å². The molecule has 1 aliphatic carbocycles. The third kappa shape index (κ3) is 1.81. The molecule has 7 heteroatoms. The lowest BCUT2D eigenvalue weighted by Crippen LogP contribution is -2.29. The Hall–Kier alpha value is -1.79. The topological polar surface area (TPSA) is 76.0 Å². The number of rotatable bonds is 1. The summed E-state index contributed by atoms with van der Waals surface area (Å²) in [5.41, 5.74) is 2.68. The predicted molar refractivity (Wildman–Crippen MR) is 52.6 cm³/mol. The lowest BCUT2D eigenvalue weighted by molar-refractivity contribution is -0.141. The summed E-state index contributed by atoms with van der Waals surface area (Å²) in [4.78, 5) is 24.2. The molecule has 0 spiro atoms. The zero-order valence-electron chi connectivity index (χ0n) is 8.65. The van der Waals surface area contributed by atoms with E-state index in [-0.39, 0.29) is 29.5 Å². The molecule has 0 saturated carbocycles. The first-order chi connectivity index (χ1) is 7.82. The minimum atomic E-state index is -4.62. The number of nitrogens with one attached hydrogen (secondary N) is 1. The second-order valence-corrected chi connectivity index (χ2v) is 3.88. The fourth-order valence-electron chi connectivity index (χ4n) is 2.19. The Labute approximate surface area is 93.6 Å². The predicted octanol–water partition coefficient (Wildman–Crippen LogP) is 0.981. The molecule has 0 fully saturated rings. The summed E-state index contributed by atoms with van der Waals surface area (Å²) in [5.74, 6) is -0.988. The molecule has 2 rings (SSSR count). The standard InChI is InChI=1S/C10H9F3N2O2/c11-10(12,13)7-5-3-1-2-4(5)6(8(14)16)9(17)15-7/h1-3H2,(H2,14,16)(H,15,17). The van der Waals surface area contributed by atoms with E-state index >= 15 is 0 Å². The maximum Gasteiger partial charge on any atom is 0.431 e. The van der Waals surface area contributed by atoms with E-state index in [1.165, 1.54) is 0 Å². The van der Waals surface area contributed by atoms with Crippen LogP contribution in [0.15, 0.2) is 4.79 Å². The Morgan fingerprint density at radius 3 is 2.35 bits per heavy atom. The number of alkyl halides is 3. The molecule has 4 nitrogen and oxygen atoms in total. The highest BCUT2D eigenvalue weighted by atomic mass is 19.4. The summed E-state index contributed by atoms with van der Waals surface area (Å²) in [6.45, 7) is 0. The van der Waals surface area contributed by atoms with Gasteiger partial charge < -0.3 is 10.7 Å². The number of halogens is 3. The highest BCUT2D eigenvalue weighted by Gasteiger charge is 2.38. The summed E-state index contributed by atoms with van der Waals surface area (Å²) in [6, 6.07) is 0. The molecule has 0 atom stereocenters. The van der Waals surface area contributed by atoms with Crippen molar-refractivity contribution in [2.75, 3.05) is 0 Å². The SMILES string of the molecule is NC(=O)c1c2c(c(C(F)(F)F)[nH]c1=O)CCC2. The van der Waals surface area contributed by atoms with Crippen LogP contribution < -0.4 is 11.3 Å². The van der Waals surface area contributed by atoms with Gasteiger partial charge in [0.15, 0.2) is 0 Å². The lowest BCUT2D eigenvalue weighted by Gasteiger charge is -2.13. The van der Waals surface area contributed by atoms with E-state index in [4.69, 9.17) is 5.73 Å². The van der Waals surface area contributed by atoms with Crippen molar-refractivity contribution in [1.82, 2.24) is 4.98 Å². The van der Waals surface area contributed by atoms with Crippen LogP contribution in [0.1, 0.15) is 33.6 Å². The highest BCUT2D eigenvalue weighted by Crippen LogP contribution is 2.35. The normalized spacial score (nSPS) is 14.8. The van der Waals surface area contributed by atoms with Crippen molar-refractivity contribution in [3.05, 3.63) is 32.7 Å². The Balaban J connectivity index is 2.78. The molecule has 0 aliphatic heterocycles. The van der Waals surface area contributed by atoms with Gasteiger partial charge in [-0.1, -0.05) is 0 Å². The van der Waals surface area contributed by atoms with E-state index in [1.807, 2.05) is 0 Å². The van der Waals surface area contributed by atoms with E-state index in [2.05, 4.69) is 0 Å². The van der Waals surface area contributed by atoms with Crippen LogP contribution in [0.3, 0.4) is 0 Å². The second kappa shape index (κ2) is 3.61. The van der Waals surface area contributed by atoms with Gasteiger partial charge in [0.1, 0.15) is 11.3 Å². The zero-order valence-corrected chi connectivity index (χ0v) is 8.65. The molecule has 0 saturated heterocycles. The quantitative estimate of drug-likeness (QED) is 0.775. The molecular weight excluding hydrogens is 237 g/mol. The molecule has 1 amide bonds. The average molecular weight is 246 g/mol. The van der Waals surface area contributed by atoms with Crippen molar-refractivity contribution in [1.29, 1.82) is 0 Å². The number of aromatic nitrogens is 1. The summed E-state index contributed by atoms with van der Waals surface area (Å²) in [6.07, 6.45) is -3.67. The van der Waals surface area contributed by atoms with Gasteiger partial charge in [-0.2, -0.15) is 13.2 Å². The smallest absolute Gasteiger partial charge is 0.365 e. The third-order valence-electron chi connectivity index (χ3n) is 2.82. The van der Waals surface area contributed by atoms with Crippen LogP contribution in [0, 0.1) is 0 Å². The molecule has 3 N–H and O–H groups in total. The van der Waals surface area contributed by atoms with Gasteiger partial charge in [-0.3, -0.25) is 9.59 Å². The number of fused-ring (bicyclic) bond motifs is 1. The molecule has 0 unspecified atom stereocenters. The minimum Gasteiger partial charge on any atom is -0.365 e. The van der Waals surface area contributed by atoms with Gasteiger partial charge in [0, 0.05) is 0 Å². The molecule has 1 aromatic heterocycles. The number of carbonyl (C=O) groups excluding carboxylic acids is 1. The van der Waals surface area contributed by atoms with E-state index in [0.717, 1.165) is 0 Å². The van der Waals surface area contributed by atoms with Gasteiger partial charge in [0.05, 0.1) is 0 Å². The minimum absolute atomic E-state index is 0.00843. The van der Waals surface area contributed by atoms with Crippen LogP contribution >= 0.6 is 0 Å². The summed E-state index contributed by atoms with van der Waals surface area (Å²) in [7, 11) is 0. The number of hydrogen-bond donors (Lipinski definition) is 2. The van der Waals surface area contributed by atoms with Crippen LogP contribution in [0.2, 0.25) is 0 Å². The van der Waals surface area contributed by atoms with Crippen molar-refractivity contribution >= 4 is 5.91 Å². The molecule has 0 aromatic carbocycles. The van der Waals surface area contributed by atoms with Crippen LogP contribution in [0.5, 0.6) is 0 Å². The van der Waals surface area contributed by atoms with Crippen LogP contribution in [-0.2, 0) is 19.0 Å². The molecule has 17 heavy (non-hydrogen) atoms. The van der Waals surface area contributed by atoms with Gasteiger partial charge >= 0.3 is 6.18 Å². The number of H-pyrrole nitrogens is 1. The van der Waals surface area contributed by atoms with Crippen molar-refractivity contribution in [2.45, 2.75) is 25.4 Å². The van der Waals surface area contributed by atoms with Gasteiger partial charge in [0.25, 0.3) is 11.5 Å². The Morgan fingerprint density at radius 2 is 1.82 bits per heavy atom. The highest BCUT2D eigenvalue weighted by molar-refractivity contribution is 5.94. The average Bonchev–Trinajstić information content (AvgIpc) is 2.61. The fourth-order valence-corrected chi connectivity index (χ4v) is 2.19. The molecule has 1 heterocycles. The molecule has 0 bridgehead atoms. The number of hydrogen-bond acceptors (Lipinski definition) is 2. The maximum atomic E-state index is 12.7. The van der Waals surface area contributed by atoms with Gasteiger partial charge in [-0.25, -0.2) is 0 Å². The number of primary amides is 1. The summed E-state index contributed by atoms with van der Waals surface area (Å²) in [5, 5.41) is 0. The van der Waals surface area contributed by atoms with Crippen molar-refractivity contribution in [2.24, 2.45) is 5.73 Å². The number of pyridine rings is 1. The molecule has 92 valence electrons. The maximum absolute atomic E-state index is 12.7. The molecule has 1 aromatic rings. The monoisotopic (exact) mass is 246 g/mol. The fraction of sp³-hybridized carbons (Fsp3) is 0.400.